The lowest BCUT2D eigenvalue weighted by Crippen LogP contribution is -2.29. The zero-order valence-electron chi connectivity index (χ0n) is 13.5. The minimum Gasteiger partial charge on any atom is -0.469 e. The van der Waals surface area contributed by atoms with E-state index in [1.165, 1.54) is 12.1 Å². The molecule has 0 N–H and O–H groups in total. The monoisotopic (exact) mass is 385 g/mol. The third-order valence-electron chi connectivity index (χ3n) is 4.12. The van der Waals surface area contributed by atoms with Gasteiger partial charge in [-0.25, -0.2) is 8.42 Å². The van der Waals surface area contributed by atoms with Crippen LogP contribution in [0.5, 0.6) is 0 Å². The number of esters is 1. The molecule has 0 bridgehead atoms. The van der Waals surface area contributed by atoms with E-state index < -0.39 is 38.7 Å². The Morgan fingerprint density at radius 2 is 1.81 bits per heavy atom. The van der Waals surface area contributed by atoms with E-state index in [2.05, 4.69) is 4.74 Å². The summed E-state index contributed by atoms with van der Waals surface area (Å²) in [7, 11) is -3.10. The number of benzene rings is 2. The Bertz CT molecular complexity index is 942. The van der Waals surface area contributed by atoms with Crippen molar-refractivity contribution in [1.29, 1.82) is 0 Å². The average Bonchev–Trinajstić information content (AvgIpc) is 2.81. The molecule has 26 heavy (non-hydrogen) atoms. The molecular weight excluding hydrogens is 371 g/mol. The van der Waals surface area contributed by atoms with Gasteiger partial charge >= 0.3 is 12.1 Å². The highest BCUT2D eigenvalue weighted by Gasteiger charge is 2.45. The Labute approximate surface area is 148 Å². The molecule has 0 saturated carbocycles. The number of halogens is 3. The fraction of sp³-hybridized carbons (Fsp3) is 0.235. The van der Waals surface area contributed by atoms with Gasteiger partial charge in [0.05, 0.1) is 35.7 Å². The Morgan fingerprint density at radius 1 is 1.15 bits per heavy atom. The molecule has 2 aromatic rings. The predicted molar refractivity (Wildman–Crippen MR) is 86.9 cm³/mol. The first-order chi connectivity index (χ1) is 12.2. The van der Waals surface area contributed by atoms with Gasteiger partial charge in [0.15, 0.2) is 0 Å². The molecule has 3 rings (SSSR count). The standard InChI is InChI=1S/C17H14F3NO4S/c1-25-16(22)10-14-13-8-7-11(17(18,19)20)9-15(13)26(23,24)21(14)12-5-3-2-4-6-12/h2-9,14H,10H2,1H3. The Kier molecular flexibility index (Phi) is 4.43. The van der Waals surface area contributed by atoms with Crippen molar-refractivity contribution in [3.63, 3.8) is 0 Å². The van der Waals surface area contributed by atoms with E-state index in [-0.39, 0.29) is 17.7 Å². The minimum atomic E-state index is -4.68. The number of nitrogens with zero attached hydrogens (tertiary/aromatic N) is 1. The summed E-state index contributed by atoms with van der Waals surface area (Å²) in [6.45, 7) is 0. The van der Waals surface area contributed by atoms with Gasteiger partial charge in [0.1, 0.15) is 0 Å². The Hall–Kier alpha value is -2.55. The molecule has 0 saturated heterocycles. The number of rotatable bonds is 3. The first-order valence-electron chi connectivity index (χ1n) is 7.53. The summed E-state index contributed by atoms with van der Waals surface area (Å²) >= 11 is 0. The van der Waals surface area contributed by atoms with E-state index in [9.17, 15) is 26.4 Å². The van der Waals surface area contributed by atoms with Crippen LogP contribution in [0.3, 0.4) is 0 Å². The smallest absolute Gasteiger partial charge is 0.416 e. The molecule has 1 atom stereocenters. The first kappa shape index (κ1) is 18.2. The molecule has 5 nitrogen and oxygen atoms in total. The van der Waals surface area contributed by atoms with E-state index in [0.717, 1.165) is 23.5 Å². The lowest BCUT2D eigenvalue weighted by molar-refractivity contribution is -0.141. The summed E-state index contributed by atoms with van der Waals surface area (Å²) < 4.78 is 70.5. The highest BCUT2D eigenvalue weighted by atomic mass is 32.2. The molecule has 0 fully saturated rings. The summed E-state index contributed by atoms with van der Waals surface area (Å²) in [5, 5.41) is 0. The van der Waals surface area contributed by atoms with Gasteiger partial charge in [0, 0.05) is 0 Å². The van der Waals surface area contributed by atoms with Gasteiger partial charge in [-0.15, -0.1) is 0 Å². The maximum atomic E-state index is 13.0. The van der Waals surface area contributed by atoms with Crippen LogP contribution in [0.1, 0.15) is 23.6 Å². The first-order valence-corrected chi connectivity index (χ1v) is 8.97. The number of anilines is 1. The fourth-order valence-electron chi connectivity index (χ4n) is 2.94. The second-order valence-electron chi connectivity index (χ2n) is 5.68. The quantitative estimate of drug-likeness (QED) is 0.759. The molecule has 1 unspecified atom stereocenters. The topological polar surface area (TPSA) is 63.7 Å². The van der Waals surface area contributed by atoms with Gasteiger partial charge in [-0.2, -0.15) is 13.2 Å². The van der Waals surface area contributed by atoms with Crippen LogP contribution in [0.2, 0.25) is 0 Å². The molecule has 2 aromatic carbocycles. The lowest BCUT2D eigenvalue weighted by Gasteiger charge is -2.24. The van der Waals surface area contributed by atoms with Crippen LogP contribution in [0.15, 0.2) is 53.4 Å². The highest BCUT2D eigenvalue weighted by molar-refractivity contribution is 7.93. The van der Waals surface area contributed by atoms with Crippen LogP contribution in [-0.2, 0) is 25.7 Å². The van der Waals surface area contributed by atoms with Crippen LogP contribution < -0.4 is 4.31 Å². The summed E-state index contributed by atoms with van der Waals surface area (Å²) in [5.74, 6) is -0.668. The second-order valence-corrected chi connectivity index (χ2v) is 7.47. The van der Waals surface area contributed by atoms with Gasteiger partial charge in [-0.05, 0) is 29.8 Å². The number of fused-ring (bicyclic) bond motifs is 1. The zero-order valence-corrected chi connectivity index (χ0v) is 14.3. The molecule has 1 aliphatic rings. The summed E-state index contributed by atoms with van der Waals surface area (Å²) in [6.07, 6.45) is -4.99. The molecule has 0 aromatic heterocycles. The van der Waals surface area contributed by atoms with Crippen molar-refractivity contribution in [2.45, 2.75) is 23.5 Å². The van der Waals surface area contributed by atoms with Crippen LogP contribution >= 0.6 is 0 Å². The highest BCUT2D eigenvalue weighted by Crippen LogP contribution is 2.46. The van der Waals surface area contributed by atoms with E-state index in [1.54, 1.807) is 18.2 Å². The SMILES string of the molecule is COC(=O)CC1c2ccc(C(F)(F)F)cc2S(=O)(=O)N1c1ccccc1. The van der Waals surface area contributed by atoms with E-state index in [4.69, 9.17) is 0 Å². The number of para-hydroxylation sites is 1. The van der Waals surface area contributed by atoms with Crippen molar-refractivity contribution in [3.8, 4) is 0 Å². The molecule has 1 aliphatic heterocycles. The number of carbonyl (C=O) groups is 1. The zero-order chi connectivity index (χ0) is 19.1. The number of hydrogen-bond acceptors (Lipinski definition) is 4. The summed E-state index contributed by atoms with van der Waals surface area (Å²) in [6, 6.07) is 9.45. The molecule has 0 amide bonds. The van der Waals surface area contributed by atoms with Crippen LogP contribution in [0, 0.1) is 0 Å². The van der Waals surface area contributed by atoms with Crippen molar-refractivity contribution in [3.05, 3.63) is 59.7 Å². The van der Waals surface area contributed by atoms with Crippen LogP contribution in [0.4, 0.5) is 18.9 Å². The van der Waals surface area contributed by atoms with Crippen molar-refractivity contribution in [2.75, 3.05) is 11.4 Å². The van der Waals surface area contributed by atoms with Crippen LogP contribution in [-0.4, -0.2) is 21.5 Å². The molecular formula is C17H14F3NO4S. The minimum absolute atomic E-state index is 0.132. The third kappa shape index (κ3) is 3.03. The van der Waals surface area contributed by atoms with Gasteiger partial charge in [-0.3, -0.25) is 9.10 Å². The molecule has 0 spiro atoms. The predicted octanol–water partition coefficient (Wildman–Crippen LogP) is 3.52. The normalized spacial score (nSPS) is 18.5. The Balaban J connectivity index is 2.20. The molecule has 138 valence electrons. The Morgan fingerprint density at radius 3 is 2.38 bits per heavy atom. The van der Waals surface area contributed by atoms with Gasteiger partial charge < -0.3 is 4.74 Å². The molecule has 0 radical (unpaired) electrons. The number of alkyl halides is 3. The number of carbonyl (C=O) groups excluding carboxylic acids is 1. The van der Waals surface area contributed by atoms with Gasteiger partial charge in [-0.1, -0.05) is 24.3 Å². The van der Waals surface area contributed by atoms with E-state index in [0.29, 0.717) is 6.07 Å². The average molecular weight is 385 g/mol. The molecule has 0 aliphatic carbocycles. The van der Waals surface area contributed by atoms with Crippen molar-refractivity contribution in [2.24, 2.45) is 0 Å². The molecule has 9 heteroatoms. The number of methoxy groups -OCH3 is 1. The van der Waals surface area contributed by atoms with Crippen LogP contribution in [0.25, 0.3) is 0 Å². The van der Waals surface area contributed by atoms with Gasteiger partial charge in [0.25, 0.3) is 10.0 Å². The number of sulfonamides is 1. The number of hydrogen-bond donors (Lipinski definition) is 0. The van der Waals surface area contributed by atoms with Crippen molar-refractivity contribution >= 4 is 21.7 Å². The summed E-state index contributed by atoms with van der Waals surface area (Å²) in [5.41, 5.74) is -0.676. The summed E-state index contributed by atoms with van der Waals surface area (Å²) in [4.78, 5) is 11.3. The van der Waals surface area contributed by atoms with Crippen molar-refractivity contribution < 1.29 is 31.1 Å². The molecule has 1 heterocycles. The van der Waals surface area contributed by atoms with Gasteiger partial charge in [0.2, 0.25) is 0 Å². The lowest BCUT2D eigenvalue weighted by atomic mass is 10.0. The fourth-order valence-corrected chi connectivity index (χ4v) is 4.85. The third-order valence-corrected chi connectivity index (χ3v) is 6.01. The maximum absolute atomic E-state index is 13.0. The van der Waals surface area contributed by atoms with Crippen molar-refractivity contribution in [1.82, 2.24) is 0 Å². The van der Waals surface area contributed by atoms with E-state index >= 15 is 0 Å². The number of ether oxygens (including phenoxy) is 1. The second kappa shape index (κ2) is 6.31. The largest absolute Gasteiger partial charge is 0.469 e. The maximum Gasteiger partial charge on any atom is 0.416 e. The van der Waals surface area contributed by atoms with E-state index in [1.807, 2.05) is 0 Å².